The molecule has 9 heavy (non-hydrogen) atoms. The van der Waals surface area contributed by atoms with Crippen molar-refractivity contribution in [3.05, 3.63) is 0 Å². The highest BCUT2D eigenvalue weighted by molar-refractivity contribution is 9.09. The first kappa shape index (κ1) is 9.36. The van der Waals surface area contributed by atoms with E-state index in [2.05, 4.69) is 15.9 Å². The van der Waals surface area contributed by atoms with Crippen LogP contribution in [-0.2, 0) is 10.7 Å². The fraction of sp³-hybridized carbons (Fsp3) is 1.00. The Morgan fingerprint density at radius 1 is 1.56 bits per heavy atom. The minimum absolute atomic E-state index is 0.0647. The molecular formula is C4H8BrFO2S. The van der Waals surface area contributed by atoms with Crippen LogP contribution >= 0.6 is 15.9 Å². The highest BCUT2D eigenvalue weighted by Crippen LogP contribution is 2.04. The summed E-state index contributed by atoms with van der Waals surface area (Å²) >= 11 is 2.96. The molecule has 0 amide bonds. The van der Waals surface area contributed by atoms with Crippen molar-refractivity contribution in [2.45, 2.75) is 11.2 Å². The van der Waals surface area contributed by atoms with E-state index in [1.807, 2.05) is 0 Å². The van der Waals surface area contributed by atoms with E-state index in [1.54, 1.807) is 0 Å². The number of rotatable bonds is 4. The molecule has 0 saturated carbocycles. The van der Waals surface area contributed by atoms with Crippen LogP contribution in [0.5, 0.6) is 0 Å². The van der Waals surface area contributed by atoms with Gasteiger partial charge in [-0.1, -0.05) is 15.9 Å². The molecule has 5 heteroatoms. The second kappa shape index (κ2) is 5.17. The number of thiol groups is 1. The zero-order valence-corrected chi connectivity index (χ0v) is 7.20. The molecule has 0 aromatic carbocycles. The van der Waals surface area contributed by atoms with Gasteiger partial charge in [0.1, 0.15) is 17.4 Å². The number of hydrogen-bond donors (Lipinski definition) is 1. The van der Waals surface area contributed by atoms with E-state index in [0.29, 0.717) is 6.42 Å². The fourth-order valence-electron chi connectivity index (χ4n) is 0.323. The van der Waals surface area contributed by atoms with Gasteiger partial charge < -0.3 is 0 Å². The lowest BCUT2D eigenvalue weighted by Gasteiger charge is -1.97. The van der Waals surface area contributed by atoms with Crippen molar-refractivity contribution in [2.24, 2.45) is 0 Å². The van der Waals surface area contributed by atoms with Gasteiger partial charge in [-0.2, -0.15) is 0 Å². The van der Waals surface area contributed by atoms with Crippen molar-refractivity contribution < 1.29 is 12.8 Å². The van der Waals surface area contributed by atoms with Gasteiger partial charge in [-0.25, -0.2) is 12.8 Å². The summed E-state index contributed by atoms with van der Waals surface area (Å²) in [5, 5.41) is 0. The van der Waals surface area contributed by atoms with Gasteiger partial charge in [0.2, 0.25) is 0 Å². The second-order valence-electron chi connectivity index (χ2n) is 1.60. The van der Waals surface area contributed by atoms with E-state index in [1.165, 1.54) is 0 Å². The molecule has 0 bridgehead atoms. The molecule has 0 fully saturated rings. The summed E-state index contributed by atoms with van der Waals surface area (Å²) in [6.07, 6.45) is 0.356. The maximum Gasteiger partial charge on any atom is 0.140 e. The molecule has 0 heterocycles. The third-order valence-corrected chi connectivity index (χ3v) is 2.12. The molecule has 0 aliphatic rings. The topological polar surface area (TPSA) is 34.1 Å². The van der Waals surface area contributed by atoms with Crippen molar-refractivity contribution in [2.75, 3.05) is 12.4 Å². The lowest BCUT2D eigenvalue weighted by Crippen LogP contribution is -2.03. The first-order chi connectivity index (χ1) is 4.16. The highest BCUT2D eigenvalue weighted by atomic mass is 79.9. The Kier molecular flexibility index (Phi) is 5.38. The molecule has 0 aliphatic carbocycles. The molecule has 0 aromatic rings. The molecule has 1 unspecified atom stereocenters. The predicted molar refractivity (Wildman–Crippen MR) is 38.5 cm³/mol. The number of alkyl halides is 2. The smallest absolute Gasteiger partial charge is 0.140 e. The molecule has 0 rings (SSSR count). The van der Waals surface area contributed by atoms with Crippen molar-refractivity contribution in [1.82, 2.24) is 0 Å². The molecule has 0 aromatic heterocycles. The fourth-order valence-corrected chi connectivity index (χ4v) is 1.43. The van der Waals surface area contributed by atoms with E-state index < -0.39 is 17.4 Å². The van der Waals surface area contributed by atoms with Crippen molar-refractivity contribution in [3.8, 4) is 0 Å². The first-order valence-corrected chi connectivity index (χ1v) is 4.76. The molecule has 0 radical (unpaired) electrons. The van der Waals surface area contributed by atoms with Crippen LogP contribution in [0.1, 0.15) is 6.42 Å². The van der Waals surface area contributed by atoms with Crippen molar-refractivity contribution in [3.63, 3.8) is 0 Å². The van der Waals surface area contributed by atoms with Crippen LogP contribution in [-0.4, -0.2) is 25.7 Å². The summed E-state index contributed by atoms with van der Waals surface area (Å²) in [5.41, 5.74) is 0. The minimum atomic E-state index is -2.34. The van der Waals surface area contributed by atoms with E-state index in [0.717, 1.165) is 0 Å². The summed E-state index contributed by atoms with van der Waals surface area (Å²) in [7, 11) is -2.34. The number of hydrogen-bond acceptors (Lipinski definition) is 2. The predicted octanol–water partition coefficient (Wildman–Crippen LogP) is 0.721. The van der Waals surface area contributed by atoms with Gasteiger partial charge in [-0.3, -0.25) is 0 Å². The van der Waals surface area contributed by atoms with Crippen LogP contribution in [0, 0.1) is 0 Å². The summed E-state index contributed by atoms with van der Waals surface area (Å²) < 4.78 is 31.4. The Morgan fingerprint density at radius 3 is 2.44 bits per heavy atom. The SMILES string of the molecule is O=[SH](=O)CCC(Br)CF. The molecule has 2 nitrogen and oxygen atoms in total. The van der Waals surface area contributed by atoms with E-state index in [4.69, 9.17) is 0 Å². The van der Waals surface area contributed by atoms with Crippen LogP contribution in [0.25, 0.3) is 0 Å². The molecule has 0 N–H and O–H groups in total. The van der Waals surface area contributed by atoms with E-state index >= 15 is 0 Å². The maximum atomic E-state index is 11.6. The van der Waals surface area contributed by atoms with Gasteiger partial charge in [0.25, 0.3) is 0 Å². The third-order valence-electron chi connectivity index (χ3n) is 0.792. The van der Waals surface area contributed by atoms with Crippen molar-refractivity contribution in [1.29, 1.82) is 0 Å². The van der Waals surface area contributed by atoms with Crippen LogP contribution in [0.3, 0.4) is 0 Å². The highest BCUT2D eigenvalue weighted by Gasteiger charge is 2.01. The zero-order valence-electron chi connectivity index (χ0n) is 4.72. The Bertz CT molecular complexity index is 129. The van der Waals surface area contributed by atoms with E-state index in [-0.39, 0.29) is 10.6 Å². The summed E-state index contributed by atoms with van der Waals surface area (Å²) in [5.74, 6) is 0.0647. The van der Waals surface area contributed by atoms with Gasteiger partial charge in [0.05, 0.1) is 0 Å². The van der Waals surface area contributed by atoms with Gasteiger partial charge in [0, 0.05) is 10.6 Å². The number of halogens is 2. The van der Waals surface area contributed by atoms with Crippen LogP contribution in [0.2, 0.25) is 0 Å². The van der Waals surface area contributed by atoms with Gasteiger partial charge in [-0.05, 0) is 6.42 Å². The standard InChI is InChI=1S/C4H8BrFO2S/c5-4(3-6)1-2-9(7)8/h4,9H,1-3H2. The maximum absolute atomic E-state index is 11.6. The van der Waals surface area contributed by atoms with Crippen LogP contribution in [0.15, 0.2) is 0 Å². The average molecular weight is 219 g/mol. The summed E-state index contributed by atoms with van der Waals surface area (Å²) in [6, 6.07) is 0. The average Bonchev–Trinajstić information content (AvgIpc) is 1.83. The second-order valence-corrected chi connectivity index (χ2v) is 4.00. The first-order valence-electron chi connectivity index (χ1n) is 2.48. The van der Waals surface area contributed by atoms with Crippen LogP contribution in [0.4, 0.5) is 4.39 Å². The Labute approximate surface area is 63.5 Å². The molecule has 0 saturated heterocycles. The Balaban J connectivity index is 3.27. The molecule has 0 spiro atoms. The Hall–Kier alpha value is 0.360. The largest absolute Gasteiger partial charge is 0.250 e. The van der Waals surface area contributed by atoms with Gasteiger partial charge in [-0.15, -0.1) is 0 Å². The minimum Gasteiger partial charge on any atom is -0.250 e. The molecular weight excluding hydrogens is 211 g/mol. The van der Waals surface area contributed by atoms with E-state index in [9.17, 15) is 12.8 Å². The summed E-state index contributed by atoms with van der Waals surface area (Å²) in [6.45, 7) is -0.511. The Morgan fingerprint density at radius 2 is 2.11 bits per heavy atom. The van der Waals surface area contributed by atoms with Gasteiger partial charge in [0.15, 0.2) is 0 Å². The zero-order chi connectivity index (χ0) is 7.28. The lowest BCUT2D eigenvalue weighted by atomic mass is 10.4. The normalized spacial score (nSPS) is 14.1. The third kappa shape index (κ3) is 6.24. The van der Waals surface area contributed by atoms with Gasteiger partial charge >= 0.3 is 0 Å². The quantitative estimate of drug-likeness (QED) is 0.558. The molecule has 56 valence electrons. The monoisotopic (exact) mass is 218 g/mol. The lowest BCUT2D eigenvalue weighted by molar-refractivity contribution is 0.481. The van der Waals surface area contributed by atoms with Crippen LogP contribution < -0.4 is 0 Å². The summed E-state index contributed by atoms with van der Waals surface area (Å²) in [4.78, 5) is -0.301. The van der Waals surface area contributed by atoms with Crippen molar-refractivity contribution >= 4 is 26.6 Å². The molecule has 0 aliphatic heterocycles. The molecule has 1 atom stereocenters.